The van der Waals surface area contributed by atoms with E-state index in [1.165, 1.54) is 5.39 Å². The van der Waals surface area contributed by atoms with Crippen molar-refractivity contribution >= 4 is 23.1 Å². The average molecular weight is 321 g/mol. The third-order valence-electron chi connectivity index (χ3n) is 4.19. The minimum atomic E-state index is 0.714. The number of hydrogen-bond acceptors (Lipinski definition) is 5. The lowest BCUT2D eigenvalue weighted by Gasteiger charge is -2.27. The van der Waals surface area contributed by atoms with Gasteiger partial charge < -0.3 is 14.6 Å². The monoisotopic (exact) mass is 321 g/mol. The SMILES string of the molecule is CN=Cc1cnc(N2CCOCC2)nc1-c1ccc2cc[nH]c2c1. The summed E-state index contributed by atoms with van der Waals surface area (Å²) in [5, 5.41) is 1.19. The van der Waals surface area contributed by atoms with Crippen molar-refractivity contribution in [3.8, 4) is 11.3 Å². The third kappa shape index (κ3) is 2.76. The number of nitrogens with one attached hydrogen (secondary N) is 1. The molecule has 3 heterocycles. The minimum Gasteiger partial charge on any atom is -0.378 e. The molecular weight excluding hydrogens is 302 g/mol. The first-order chi connectivity index (χ1) is 11.8. The van der Waals surface area contributed by atoms with Gasteiger partial charge >= 0.3 is 0 Å². The van der Waals surface area contributed by atoms with E-state index < -0.39 is 0 Å². The van der Waals surface area contributed by atoms with Gasteiger partial charge in [0, 0.05) is 55.4 Å². The number of nitrogens with zero attached hydrogens (tertiary/aromatic N) is 4. The second-order valence-corrected chi connectivity index (χ2v) is 5.74. The van der Waals surface area contributed by atoms with Crippen molar-refractivity contribution in [1.82, 2.24) is 15.0 Å². The molecular formula is C18H19N5O. The molecule has 0 bridgehead atoms. The Kier molecular flexibility index (Phi) is 3.96. The normalized spacial score (nSPS) is 15.5. The Labute approximate surface area is 140 Å². The van der Waals surface area contributed by atoms with Gasteiger partial charge in [-0.25, -0.2) is 9.97 Å². The summed E-state index contributed by atoms with van der Waals surface area (Å²) in [6.45, 7) is 3.06. The summed E-state index contributed by atoms with van der Waals surface area (Å²) in [6, 6.07) is 8.37. The third-order valence-corrected chi connectivity index (χ3v) is 4.19. The number of aliphatic imine (C=N–C) groups is 1. The van der Waals surface area contributed by atoms with E-state index in [9.17, 15) is 0 Å². The van der Waals surface area contributed by atoms with Gasteiger partial charge in [0.05, 0.1) is 18.9 Å². The number of hydrogen-bond donors (Lipinski definition) is 1. The molecule has 1 fully saturated rings. The largest absolute Gasteiger partial charge is 0.378 e. The van der Waals surface area contributed by atoms with Crippen LogP contribution in [0.5, 0.6) is 0 Å². The predicted molar refractivity (Wildman–Crippen MR) is 95.9 cm³/mol. The fraction of sp³-hybridized carbons (Fsp3) is 0.278. The van der Waals surface area contributed by atoms with Crippen LogP contribution in [-0.4, -0.2) is 54.5 Å². The Hall–Kier alpha value is -2.73. The van der Waals surface area contributed by atoms with E-state index in [0.717, 1.165) is 41.4 Å². The number of aromatic amines is 1. The van der Waals surface area contributed by atoms with Crippen LogP contribution in [-0.2, 0) is 4.74 Å². The Balaban J connectivity index is 1.80. The maximum absolute atomic E-state index is 5.42. The van der Waals surface area contributed by atoms with Crippen molar-refractivity contribution in [3.63, 3.8) is 0 Å². The lowest BCUT2D eigenvalue weighted by Crippen LogP contribution is -2.37. The Morgan fingerprint density at radius 1 is 1.25 bits per heavy atom. The second-order valence-electron chi connectivity index (χ2n) is 5.74. The summed E-state index contributed by atoms with van der Waals surface area (Å²) in [7, 11) is 1.76. The summed E-state index contributed by atoms with van der Waals surface area (Å²) in [5.41, 5.74) is 3.96. The van der Waals surface area contributed by atoms with Crippen molar-refractivity contribution < 1.29 is 4.74 Å². The lowest BCUT2D eigenvalue weighted by atomic mass is 10.1. The number of aromatic nitrogens is 3. The molecule has 0 amide bonds. The molecule has 1 N–H and O–H groups in total. The van der Waals surface area contributed by atoms with E-state index in [1.54, 1.807) is 13.3 Å². The highest BCUT2D eigenvalue weighted by Crippen LogP contribution is 2.26. The molecule has 0 unspecified atom stereocenters. The molecule has 0 saturated carbocycles. The topological polar surface area (TPSA) is 66.4 Å². The first-order valence-corrected chi connectivity index (χ1v) is 8.04. The van der Waals surface area contributed by atoms with E-state index in [4.69, 9.17) is 9.72 Å². The van der Waals surface area contributed by atoms with Crippen LogP contribution in [0.4, 0.5) is 5.95 Å². The molecule has 6 nitrogen and oxygen atoms in total. The highest BCUT2D eigenvalue weighted by molar-refractivity contribution is 5.91. The number of benzene rings is 1. The van der Waals surface area contributed by atoms with Crippen LogP contribution in [0.3, 0.4) is 0 Å². The molecule has 3 aromatic rings. The van der Waals surface area contributed by atoms with Crippen molar-refractivity contribution in [1.29, 1.82) is 0 Å². The zero-order valence-electron chi connectivity index (χ0n) is 13.6. The van der Waals surface area contributed by atoms with Crippen LogP contribution in [0, 0.1) is 0 Å². The summed E-state index contributed by atoms with van der Waals surface area (Å²) in [5.74, 6) is 0.744. The van der Waals surface area contributed by atoms with Crippen LogP contribution in [0.1, 0.15) is 5.56 Å². The van der Waals surface area contributed by atoms with Gasteiger partial charge in [-0.1, -0.05) is 12.1 Å². The van der Waals surface area contributed by atoms with Crippen LogP contribution >= 0.6 is 0 Å². The fourth-order valence-electron chi connectivity index (χ4n) is 2.96. The molecule has 0 atom stereocenters. The standard InChI is InChI=1S/C18H19N5O/c1-19-11-15-12-21-18(23-6-8-24-9-7-23)22-17(15)14-3-2-13-4-5-20-16(13)10-14/h2-5,10-12,20H,6-9H2,1H3. The maximum Gasteiger partial charge on any atom is 0.226 e. The summed E-state index contributed by atoms with van der Waals surface area (Å²) in [6.07, 6.45) is 5.60. The minimum absolute atomic E-state index is 0.714. The van der Waals surface area contributed by atoms with Crippen molar-refractivity contribution in [3.05, 3.63) is 42.2 Å². The molecule has 2 aromatic heterocycles. The van der Waals surface area contributed by atoms with E-state index >= 15 is 0 Å². The molecule has 24 heavy (non-hydrogen) atoms. The van der Waals surface area contributed by atoms with Gasteiger partial charge in [-0.15, -0.1) is 0 Å². The first kappa shape index (κ1) is 14.8. The Morgan fingerprint density at radius 3 is 2.96 bits per heavy atom. The van der Waals surface area contributed by atoms with Gasteiger partial charge in [0.25, 0.3) is 0 Å². The highest BCUT2D eigenvalue weighted by atomic mass is 16.5. The second kappa shape index (κ2) is 6.41. The van der Waals surface area contributed by atoms with Gasteiger partial charge in [-0.3, -0.25) is 4.99 Å². The van der Waals surface area contributed by atoms with Crippen molar-refractivity contribution in [2.75, 3.05) is 38.3 Å². The van der Waals surface area contributed by atoms with E-state index in [-0.39, 0.29) is 0 Å². The smallest absolute Gasteiger partial charge is 0.226 e. The molecule has 0 spiro atoms. The summed E-state index contributed by atoms with van der Waals surface area (Å²) < 4.78 is 5.42. The predicted octanol–water partition coefficient (Wildman–Crippen LogP) is 2.51. The van der Waals surface area contributed by atoms with Crippen LogP contribution < -0.4 is 4.90 Å². The van der Waals surface area contributed by atoms with Gasteiger partial charge in [0.15, 0.2) is 0 Å². The van der Waals surface area contributed by atoms with E-state index in [1.807, 2.05) is 12.4 Å². The maximum atomic E-state index is 5.42. The number of morpholine rings is 1. The quantitative estimate of drug-likeness (QED) is 0.753. The van der Waals surface area contributed by atoms with Crippen molar-refractivity contribution in [2.45, 2.75) is 0 Å². The number of rotatable bonds is 3. The Morgan fingerprint density at radius 2 is 2.12 bits per heavy atom. The molecule has 1 aromatic carbocycles. The molecule has 0 aliphatic carbocycles. The molecule has 1 aliphatic rings. The molecule has 4 rings (SSSR count). The molecule has 0 radical (unpaired) electrons. The van der Waals surface area contributed by atoms with Gasteiger partial charge in [-0.05, 0) is 17.5 Å². The zero-order valence-corrected chi connectivity index (χ0v) is 13.6. The average Bonchev–Trinajstić information content (AvgIpc) is 3.11. The lowest BCUT2D eigenvalue weighted by molar-refractivity contribution is 0.122. The number of ether oxygens (including phenoxy) is 1. The molecule has 1 saturated heterocycles. The first-order valence-electron chi connectivity index (χ1n) is 8.04. The van der Waals surface area contributed by atoms with Crippen LogP contribution in [0.15, 0.2) is 41.7 Å². The fourth-order valence-corrected chi connectivity index (χ4v) is 2.96. The number of anilines is 1. The highest BCUT2D eigenvalue weighted by Gasteiger charge is 2.16. The number of H-pyrrole nitrogens is 1. The summed E-state index contributed by atoms with van der Waals surface area (Å²) in [4.78, 5) is 18.9. The van der Waals surface area contributed by atoms with Crippen LogP contribution in [0.2, 0.25) is 0 Å². The molecule has 1 aliphatic heterocycles. The van der Waals surface area contributed by atoms with E-state index in [0.29, 0.717) is 13.2 Å². The summed E-state index contributed by atoms with van der Waals surface area (Å²) >= 11 is 0. The zero-order chi connectivity index (χ0) is 16.4. The van der Waals surface area contributed by atoms with E-state index in [2.05, 4.69) is 44.1 Å². The van der Waals surface area contributed by atoms with Crippen LogP contribution in [0.25, 0.3) is 22.2 Å². The van der Waals surface area contributed by atoms with Gasteiger partial charge in [0.2, 0.25) is 5.95 Å². The number of fused-ring (bicyclic) bond motifs is 1. The van der Waals surface area contributed by atoms with Gasteiger partial charge in [0.1, 0.15) is 0 Å². The molecule has 6 heteroatoms. The van der Waals surface area contributed by atoms with Crippen molar-refractivity contribution in [2.24, 2.45) is 4.99 Å². The molecule has 122 valence electrons. The Bertz CT molecular complexity index is 880. The van der Waals surface area contributed by atoms with Gasteiger partial charge in [-0.2, -0.15) is 0 Å².